The van der Waals surface area contributed by atoms with Crippen LogP contribution in [0.2, 0.25) is 0 Å². The minimum absolute atomic E-state index is 0.270. The number of nitrogens with zero attached hydrogens (tertiary/aromatic N) is 1. The number of hydrogen-bond acceptors (Lipinski definition) is 4. The van der Waals surface area contributed by atoms with Gasteiger partial charge in [0.15, 0.2) is 0 Å². The van der Waals surface area contributed by atoms with E-state index in [0.717, 1.165) is 39.1 Å². The SMILES string of the molecule is NC1CCOCC1CN1CCCCCC1CO. The fraction of sp³-hybridized carbons (Fsp3) is 1.00. The molecule has 0 spiro atoms. The van der Waals surface area contributed by atoms with Gasteiger partial charge in [0, 0.05) is 31.2 Å². The quantitative estimate of drug-likeness (QED) is 0.760. The first-order valence-electron chi connectivity index (χ1n) is 6.99. The zero-order valence-electron chi connectivity index (χ0n) is 10.7. The summed E-state index contributed by atoms with van der Waals surface area (Å²) in [6.45, 7) is 3.97. The van der Waals surface area contributed by atoms with Gasteiger partial charge < -0.3 is 15.6 Å². The standard InChI is InChI=1S/C13H26N2O2/c14-13-5-7-17-10-11(13)8-15-6-3-1-2-4-12(15)9-16/h11-13,16H,1-10,14H2. The zero-order chi connectivity index (χ0) is 12.1. The molecular weight excluding hydrogens is 216 g/mol. The van der Waals surface area contributed by atoms with Gasteiger partial charge in [-0.05, 0) is 25.8 Å². The molecular formula is C13H26N2O2. The van der Waals surface area contributed by atoms with Gasteiger partial charge in [-0.3, -0.25) is 4.90 Å². The van der Waals surface area contributed by atoms with Gasteiger partial charge in [-0.15, -0.1) is 0 Å². The lowest BCUT2D eigenvalue weighted by Crippen LogP contribution is -2.48. The average molecular weight is 242 g/mol. The second-order valence-electron chi connectivity index (χ2n) is 5.47. The van der Waals surface area contributed by atoms with Crippen LogP contribution in [-0.2, 0) is 4.74 Å². The van der Waals surface area contributed by atoms with Crippen LogP contribution in [0.5, 0.6) is 0 Å². The molecule has 0 bridgehead atoms. The van der Waals surface area contributed by atoms with Gasteiger partial charge in [0.2, 0.25) is 0 Å². The first-order valence-corrected chi connectivity index (χ1v) is 6.99. The van der Waals surface area contributed by atoms with E-state index >= 15 is 0 Å². The summed E-state index contributed by atoms with van der Waals surface area (Å²) in [5.74, 6) is 0.441. The predicted molar refractivity (Wildman–Crippen MR) is 67.8 cm³/mol. The van der Waals surface area contributed by atoms with E-state index in [9.17, 15) is 5.11 Å². The Hall–Kier alpha value is -0.160. The van der Waals surface area contributed by atoms with Crippen LogP contribution in [0.4, 0.5) is 0 Å². The smallest absolute Gasteiger partial charge is 0.0586 e. The van der Waals surface area contributed by atoms with Crippen molar-refractivity contribution in [2.24, 2.45) is 11.7 Å². The fourth-order valence-electron chi connectivity index (χ4n) is 2.99. The van der Waals surface area contributed by atoms with Crippen LogP contribution in [0, 0.1) is 5.92 Å². The first-order chi connectivity index (χ1) is 8.31. The Kier molecular flexibility index (Phi) is 5.22. The molecule has 0 aliphatic carbocycles. The van der Waals surface area contributed by atoms with E-state index in [4.69, 9.17) is 10.5 Å². The zero-order valence-corrected chi connectivity index (χ0v) is 10.7. The molecule has 100 valence electrons. The van der Waals surface area contributed by atoms with E-state index in [2.05, 4.69) is 4.90 Å². The van der Waals surface area contributed by atoms with Crippen molar-refractivity contribution in [2.75, 3.05) is 32.9 Å². The normalized spacial score (nSPS) is 36.7. The number of ether oxygens (including phenoxy) is 1. The van der Waals surface area contributed by atoms with Crippen molar-refractivity contribution in [2.45, 2.75) is 44.2 Å². The summed E-state index contributed by atoms with van der Waals surface area (Å²) in [5, 5.41) is 9.48. The van der Waals surface area contributed by atoms with Gasteiger partial charge in [0.1, 0.15) is 0 Å². The highest BCUT2D eigenvalue weighted by Crippen LogP contribution is 2.21. The summed E-state index contributed by atoms with van der Waals surface area (Å²) < 4.78 is 5.53. The number of aliphatic hydroxyl groups is 1. The summed E-state index contributed by atoms with van der Waals surface area (Å²) in [6.07, 6.45) is 5.89. The average Bonchev–Trinajstić information content (AvgIpc) is 2.57. The summed E-state index contributed by atoms with van der Waals surface area (Å²) in [6, 6.07) is 0.609. The molecule has 0 aromatic rings. The monoisotopic (exact) mass is 242 g/mol. The molecule has 17 heavy (non-hydrogen) atoms. The lowest BCUT2D eigenvalue weighted by Gasteiger charge is -2.36. The van der Waals surface area contributed by atoms with Crippen LogP contribution >= 0.6 is 0 Å². The molecule has 0 aromatic carbocycles. The first kappa shape index (κ1) is 13.3. The fourth-order valence-corrected chi connectivity index (χ4v) is 2.99. The van der Waals surface area contributed by atoms with E-state index in [-0.39, 0.29) is 12.6 Å². The third-order valence-corrected chi connectivity index (χ3v) is 4.21. The Labute approximate surface area is 104 Å². The van der Waals surface area contributed by atoms with Gasteiger partial charge in [-0.2, -0.15) is 0 Å². The number of aliphatic hydroxyl groups excluding tert-OH is 1. The molecule has 2 aliphatic rings. The number of rotatable bonds is 3. The van der Waals surface area contributed by atoms with Crippen LogP contribution in [0.25, 0.3) is 0 Å². The molecule has 4 nitrogen and oxygen atoms in total. The highest BCUT2D eigenvalue weighted by molar-refractivity contribution is 4.83. The Morgan fingerprint density at radius 2 is 2.12 bits per heavy atom. The molecule has 2 heterocycles. The molecule has 3 atom stereocenters. The molecule has 2 saturated heterocycles. The number of hydrogen-bond donors (Lipinski definition) is 2. The maximum atomic E-state index is 9.48. The van der Waals surface area contributed by atoms with Gasteiger partial charge in [-0.1, -0.05) is 12.8 Å². The highest BCUT2D eigenvalue weighted by Gasteiger charge is 2.28. The maximum absolute atomic E-state index is 9.48. The lowest BCUT2D eigenvalue weighted by atomic mass is 9.95. The molecule has 0 aromatic heterocycles. The van der Waals surface area contributed by atoms with Gasteiger partial charge in [-0.25, -0.2) is 0 Å². The highest BCUT2D eigenvalue weighted by atomic mass is 16.5. The Morgan fingerprint density at radius 1 is 1.24 bits per heavy atom. The van der Waals surface area contributed by atoms with Crippen LogP contribution in [0.15, 0.2) is 0 Å². The van der Waals surface area contributed by atoms with Gasteiger partial charge >= 0.3 is 0 Å². The molecule has 0 saturated carbocycles. The Morgan fingerprint density at radius 3 is 2.88 bits per heavy atom. The predicted octanol–water partition coefficient (Wildman–Crippen LogP) is 0.587. The summed E-state index contributed by atoms with van der Waals surface area (Å²) in [4.78, 5) is 2.44. The number of nitrogens with two attached hydrogens (primary N) is 1. The largest absolute Gasteiger partial charge is 0.395 e. The van der Waals surface area contributed by atoms with Crippen molar-refractivity contribution in [3.05, 3.63) is 0 Å². The minimum Gasteiger partial charge on any atom is -0.395 e. The molecule has 2 rings (SSSR count). The lowest BCUT2D eigenvalue weighted by molar-refractivity contribution is 0.0134. The minimum atomic E-state index is 0.270. The van der Waals surface area contributed by atoms with Crippen molar-refractivity contribution in [3.63, 3.8) is 0 Å². The molecule has 4 heteroatoms. The maximum Gasteiger partial charge on any atom is 0.0586 e. The Bertz CT molecular complexity index is 225. The van der Waals surface area contributed by atoms with Crippen molar-refractivity contribution in [1.82, 2.24) is 4.90 Å². The Balaban J connectivity index is 1.89. The van der Waals surface area contributed by atoms with Crippen molar-refractivity contribution in [1.29, 1.82) is 0 Å². The third kappa shape index (κ3) is 3.65. The van der Waals surface area contributed by atoms with Crippen LogP contribution < -0.4 is 5.73 Å². The topological polar surface area (TPSA) is 58.7 Å². The van der Waals surface area contributed by atoms with E-state index < -0.39 is 0 Å². The molecule has 2 aliphatic heterocycles. The summed E-state index contributed by atoms with van der Waals surface area (Å²) in [7, 11) is 0. The van der Waals surface area contributed by atoms with E-state index in [1.54, 1.807) is 0 Å². The van der Waals surface area contributed by atoms with Gasteiger partial charge in [0.05, 0.1) is 13.2 Å². The van der Waals surface area contributed by atoms with E-state index in [1.807, 2.05) is 0 Å². The second kappa shape index (κ2) is 6.69. The molecule has 2 fully saturated rings. The number of likely N-dealkylation sites (tertiary alicyclic amines) is 1. The van der Waals surface area contributed by atoms with E-state index in [0.29, 0.717) is 12.0 Å². The third-order valence-electron chi connectivity index (χ3n) is 4.21. The van der Waals surface area contributed by atoms with Gasteiger partial charge in [0.25, 0.3) is 0 Å². The molecule has 0 radical (unpaired) electrons. The molecule has 3 unspecified atom stereocenters. The van der Waals surface area contributed by atoms with Crippen molar-refractivity contribution >= 4 is 0 Å². The van der Waals surface area contributed by atoms with Crippen molar-refractivity contribution in [3.8, 4) is 0 Å². The van der Waals surface area contributed by atoms with Crippen LogP contribution in [0.3, 0.4) is 0 Å². The summed E-state index contributed by atoms with van der Waals surface area (Å²) >= 11 is 0. The van der Waals surface area contributed by atoms with Crippen LogP contribution in [0.1, 0.15) is 32.1 Å². The molecule has 3 N–H and O–H groups in total. The summed E-state index contributed by atoms with van der Waals surface area (Å²) in [5.41, 5.74) is 6.15. The van der Waals surface area contributed by atoms with Crippen molar-refractivity contribution < 1.29 is 9.84 Å². The second-order valence-corrected chi connectivity index (χ2v) is 5.47. The molecule has 0 amide bonds. The van der Waals surface area contributed by atoms with Crippen LogP contribution in [-0.4, -0.2) is 55.0 Å². The van der Waals surface area contributed by atoms with E-state index in [1.165, 1.54) is 19.3 Å².